The summed E-state index contributed by atoms with van der Waals surface area (Å²) in [5, 5.41) is 0.0873. The number of alkyl halides is 1. The highest BCUT2D eigenvalue weighted by Crippen LogP contribution is 2.33. The summed E-state index contributed by atoms with van der Waals surface area (Å²) < 4.78 is 11.5. The minimum Gasteiger partial charge on any atom is -0.488 e. The van der Waals surface area contributed by atoms with Crippen LogP contribution in [0.25, 0.3) is 0 Å². The summed E-state index contributed by atoms with van der Waals surface area (Å²) in [5.41, 5.74) is 1.36. The Morgan fingerprint density at radius 2 is 1.95 bits per heavy atom. The van der Waals surface area contributed by atoms with Gasteiger partial charge in [0.15, 0.2) is 0 Å². The lowest BCUT2D eigenvalue weighted by Crippen LogP contribution is -2.52. The number of hydrogen-bond donors (Lipinski definition) is 0. The lowest BCUT2D eigenvalue weighted by molar-refractivity contribution is -0.0759. The first-order chi connectivity index (χ1) is 9.15. The Labute approximate surface area is 121 Å². The second-order valence-electron chi connectivity index (χ2n) is 5.21. The first-order valence-electron chi connectivity index (χ1n) is 7.18. The Balaban J connectivity index is 1.93. The molecule has 1 aromatic rings. The number of ether oxygens (including phenoxy) is 2. The molecule has 2 nitrogen and oxygen atoms in total. The topological polar surface area (TPSA) is 18.5 Å². The van der Waals surface area contributed by atoms with Gasteiger partial charge in [-0.05, 0) is 37.0 Å². The molecule has 4 unspecified atom stereocenters. The normalized spacial score (nSPS) is 27.7. The Morgan fingerprint density at radius 3 is 2.47 bits per heavy atom. The van der Waals surface area contributed by atoms with Gasteiger partial charge in [-0.15, -0.1) is 11.6 Å². The lowest BCUT2D eigenvalue weighted by atomic mass is 9.91. The van der Waals surface area contributed by atoms with Crippen molar-refractivity contribution in [3.05, 3.63) is 29.8 Å². The maximum Gasteiger partial charge on any atom is 0.128 e. The van der Waals surface area contributed by atoms with E-state index in [1.165, 1.54) is 5.56 Å². The van der Waals surface area contributed by atoms with E-state index < -0.39 is 0 Å². The first kappa shape index (κ1) is 14.7. The summed E-state index contributed by atoms with van der Waals surface area (Å²) in [6.07, 6.45) is 2.14. The Morgan fingerprint density at radius 1 is 1.26 bits per heavy atom. The largest absolute Gasteiger partial charge is 0.488 e. The molecular formula is C16H23ClO2. The minimum absolute atomic E-state index is 0.0286. The summed E-state index contributed by atoms with van der Waals surface area (Å²) in [5.74, 6) is 1.51. The van der Waals surface area contributed by atoms with Crippen molar-refractivity contribution >= 4 is 11.6 Å². The zero-order chi connectivity index (χ0) is 13.8. The van der Waals surface area contributed by atoms with Crippen LogP contribution in [-0.4, -0.2) is 24.2 Å². The molecule has 0 aliphatic heterocycles. The second kappa shape index (κ2) is 6.62. The number of benzene rings is 1. The molecule has 0 bridgehead atoms. The molecule has 2 rings (SSSR count). The van der Waals surface area contributed by atoms with Crippen LogP contribution in [0.4, 0.5) is 0 Å². The van der Waals surface area contributed by atoms with Crippen LogP contribution >= 0.6 is 11.6 Å². The second-order valence-corrected chi connectivity index (χ2v) is 5.77. The van der Waals surface area contributed by atoms with Gasteiger partial charge in [0.1, 0.15) is 18.0 Å². The molecule has 19 heavy (non-hydrogen) atoms. The highest BCUT2D eigenvalue weighted by atomic mass is 35.5. The summed E-state index contributed by atoms with van der Waals surface area (Å²) >= 11 is 6.14. The van der Waals surface area contributed by atoms with Gasteiger partial charge < -0.3 is 9.47 Å². The quantitative estimate of drug-likeness (QED) is 0.722. The third-order valence-electron chi connectivity index (χ3n) is 3.89. The molecule has 1 aliphatic rings. The average Bonchev–Trinajstić information content (AvgIpc) is 2.44. The predicted molar refractivity (Wildman–Crippen MR) is 79.2 cm³/mol. The third-order valence-corrected chi connectivity index (χ3v) is 4.31. The Bertz CT molecular complexity index is 390. The van der Waals surface area contributed by atoms with Crippen molar-refractivity contribution in [1.29, 1.82) is 0 Å². The molecule has 4 atom stereocenters. The highest BCUT2D eigenvalue weighted by molar-refractivity contribution is 6.21. The third kappa shape index (κ3) is 3.43. The minimum atomic E-state index is 0.0286. The molecule has 0 spiro atoms. The Hall–Kier alpha value is -0.730. The van der Waals surface area contributed by atoms with Gasteiger partial charge in [0.2, 0.25) is 0 Å². The SMILES string of the molecule is CCOC1C(Cl)CC1Oc1ccc(C(C)CC)cc1. The maximum absolute atomic E-state index is 6.14. The molecule has 0 radical (unpaired) electrons. The van der Waals surface area contributed by atoms with Crippen molar-refractivity contribution < 1.29 is 9.47 Å². The van der Waals surface area contributed by atoms with Gasteiger partial charge in [-0.1, -0.05) is 26.0 Å². The van der Waals surface area contributed by atoms with Gasteiger partial charge in [0, 0.05) is 13.0 Å². The highest BCUT2D eigenvalue weighted by Gasteiger charge is 2.42. The van der Waals surface area contributed by atoms with Gasteiger partial charge >= 0.3 is 0 Å². The van der Waals surface area contributed by atoms with Crippen LogP contribution in [0.2, 0.25) is 0 Å². The van der Waals surface area contributed by atoms with E-state index in [1.54, 1.807) is 0 Å². The van der Waals surface area contributed by atoms with Gasteiger partial charge in [-0.2, -0.15) is 0 Å². The average molecular weight is 283 g/mol. The molecular weight excluding hydrogens is 260 g/mol. The fourth-order valence-electron chi connectivity index (χ4n) is 2.33. The van der Waals surface area contributed by atoms with E-state index in [0.717, 1.165) is 18.6 Å². The molecule has 0 amide bonds. The summed E-state index contributed by atoms with van der Waals surface area (Å²) in [4.78, 5) is 0. The van der Waals surface area contributed by atoms with Crippen molar-refractivity contribution in [3.63, 3.8) is 0 Å². The van der Waals surface area contributed by atoms with Crippen molar-refractivity contribution in [3.8, 4) is 5.75 Å². The van der Waals surface area contributed by atoms with Crippen molar-refractivity contribution in [2.24, 2.45) is 0 Å². The molecule has 3 heteroatoms. The molecule has 1 aliphatic carbocycles. The van der Waals surface area contributed by atoms with E-state index in [1.807, 2.05) is 19.1 Å². The van der Waals surface area contributed by atoms with E-state index in [2.05, 4.69) is 26.0 Å². The standard InChI is InChI=1S/C16H23ClO2/c1-4-11(3)12-6-8-13(9-7-12)19-15-10-14(17)16(15)18-5-2/h6-9,11,14-16H,4-5,10H2,1-3H3. The van der Waals surface area contributed by atoms with Crippen LogP contribution in [0.5, 0.6) is 5.75 Å². The predicted octanol–water partition coefficient (Wildman–Crippen LogP) is 4.36. The van der Waals surface area contributed by atoms with E-state index in [0.29, 0.717) is 12.5 Å². The van der Waals surface area contributed by atoms with E-state index in [9.17, 15) is 0 Å². The molecule has 1 saturated carbocycles. The fourth-order valence-corrected chi connectivity index (χ4v) is 2.74. The van der Waals surface area contributed by atoms with Crippen LogP contribution in [-0.2, 0) is 4.74 Å². The lowest BCUT2D eigenvalue weighted by Gasteiger charge is -2.40. The smallest absolute Gasteiger partial charge is 0.128 e. The fraction of sp³-hybridized carbons (Fsp3) is 0.625. The molecule has 0 aromatic heterocycles. The van der Waals surface area contributed by atoms with E-state index in [4.69, 9.17) is 21.1 Å². The molecule has 106 valence electrons. The van der Waals surface area contributed by atoms with Gasteiger partial charge in [-0.25, -0.2) is 0 Å². The van der Waals surface area contributed by atoms with Crippen LogP contribution in [0, 0.1) is 0 Å². The van der Waals surface area contributed by atoms with E-state index >= 15 is 0 Å². The van der Waals surface area contributed by atoms with Crippen LogP contribution < -0.4 is 4.74 Å². The van der Waals surface area contributed by atoms with Gasteiger partial charge in [-0.3, -0.25) is 0 Å². The van der Waals surface area contributed by atoms with Gasteiger partial charge in [0.25, 0.3) is 0 Å². The van der Waals surface area contributed by atoms with Crippen molar-refractivity contribution in [2.45, 2.75) is 57.1 Å². The summed E-state index contributed by atoms with van der Waals surface area (Å²) in [6, 6.07) is 8.39. The van der Waals surface area contributed by atoms with Crippen molar-refractivity contribution in [2.75, 3.05) is 6.61 Å². The summed E-state index contributed by atoms with van der Waals surface area (Å²) in [7, 11) is 0. The Kier molecular flexibility index (Phi) is 5.12. The van der Waals surface area contributed by atoms with Crippen LogP contribution in [0.1, 0.15) is 45.1 Å². The van der Waals surface area contributed by atoms with Crippen LogP contribution in [0.15, 0.2) is 24.3 Å². The molecule has 1 fully saturated rings. The number of hydrogen-bond acceptors (Lipinski definition) is 2. The van der Waals surface area contributed by atoms with E-state index in [-0.39, 0.29) is 17.6 Å². The number of halogens is 1. The zero-order valence-electron chi connectivity index (χ0n) is 11.9. The molecule has 0 heterocycles. The molecule has 0 N–H and O–H groups in total. The van der Waals surface area contributed by atoms with Gasteiger partial charge in [0.05, 0.1) is 5.38 Å². The number of rotatable bonds is 6. The summed E-state index contributed by atoms with van der Waals surface area (Å²) in [6.45, 7) is 7.11. The molecule has 1 aromatic carbocycles. The van der Waals surface area contributed by atoms with Crippen LogP contribution in [0.3, 0.4) is 0 Å². The maximum atomic E-state index is 6.14. The molecule has 0 saturated heterocycles. The monoisotopic (exact) mass is 282 g/mol. The first-order valence-corrected chi connectivity index (χ1v) is 7.61. The zero-order valence-corrected chi connectivity index (χ0v) is 12.7. The van der Waals surface area contributed by atoms with Crippen molar-refractivity contribution in [1.82, 2.24) is 0 Å².